The van der Waals surface area contributed by atoms with Gasteiger partial charge in [-0.25, -0.2) is 19.6 Å². The minimum Gasteiger partial charge on any atom is -0.473 e. The molecule has 0 saturated carbocycles. The number of ether oxygens (including phenoxy) is 1. The SMILES string of the molecule is C[C@@H](Cn1cnnn1)Oc1cccc(-c2ccc3ncn(-c4cccc(Cl)c4C#N)c3n2)n1. The highest BCUT2D eigenvalue weighted by atomic mass is 35.5. The molecule has 0 N–H and O–H groups in total. The molecular formula is C22H16ClN9O. The molecule has 0 unspecified atom stereocenters. The van der Waals surface area contributed by atoms with E-state index in [1.54, 1.807) is 39.8 Å². The van der Waals surface area contributed by atoms with E-state index in [4.69, 9.17) is 21.3 Å². The lowest BCUT2D eigenvalue weighted by molar-refractivity contribution is 0.185. The Labute approximate surface area is 193 Å². The summed E-state index contributed by atoms with van der Waals surface area (Å²) in [6.07, 6.45) is 2.96. The Balaban J connectivity index is 1.48. The van der Waals surface area contributed by atoms with E-state index in [1.165, 1.54) is 6.33 Å². The summed E-state index contributed by atoms with van der Waals surface area (Å²) in [5.41, 5.74) is 3.53. The largest absolute Gasteiger partial charge is 0.473 e. The molecule has 0 radical (unpaired) electrons. The van der Waals surface area contributed by atoms with Gasteiger partial charge in [0.05, 0.1) is 34.2 Å². The Morgan fingerprint density at radius 3 is 2.73 bits per heavy atom. The molecular weight excluding hydrogens is 442 g/mol. The van der Waals surface area contributed by atoms with Crippen molar-refractivity contribution in [2.45, 2.75) is 19.6 Å². The predicted octanol–water partition coefficient (Wildman–Crippen LogP) is 3.46. The van der Waals surface area contributed by atoms with Gasteiger partial charge in [-0.05, 0) is 47.7 Å². The van der Waals surface area contributed by atoms with Crippen LogP contribution in [0.5, 0.6) is 5.88 Å². The van der Waals surface area contributed by atoms with Crippen LogP contribution in [0.3, 0.4) is 0 Å². The third-order valence-electron chi connectivity index (χ3n) is 4.90. The molecule has 33 heavy (non-hydrogen) atoms. The highest BCUT2D eigenvalue weighted by molar-refractivity contribution is 6.32. The summed E-state index contributed by atoms with van der Waals surface area (Å²) >= 11 is 6.22. The second-order valence-corrected chi connectivity index (χ2v) is 7.63. The first kappa shape index (κ1) is 20.5. The predicted molar refractivity (Wildman–Crippen MR) is 120 cm³/mol. The molecule has 10 nitrogen and oxygen atoms in total. The molecule has 162 valence electrons. The summed E-state index contributed by atoms with van der Waals surface area (Å²) in [7, 11) is 0. The smallest absolute Gasteiger partial charge is 0.214 e. The lowest BCUT2D eigenvalue weighted by atomic mass is 10.2. The van der Waals surface area contributed by atoms with Crippen molar-refractivity contribution in [3.05, 3.63) is 71.8 Å². The summed E-state index contributed by atoms with van der Waals surface area (Å²) in [6.45, 7) is 2.40. The highest BCUT2D eigenvalue weighted by Crippen LogP contribution is 2.27. The van der Waals surface area contributed by atoms with Gasteiger partial charge in [-0.3, -0.25) is 4.57 Å². The molecule has 0 aliphatic rings. The van der Waals surface area contributed by atoms with Crippen LogP contribution in [0.1, 0.15) is 12.5 Å². The summed E-state index contributed by atoms with van der Waals surface area (Å²) in [5, 5.41) is 21.0. The summed E-state index contributed by atoms with van der Waals surface area (Å²) in [4.78, 5) is 13.8. The number of halogens is 1. The number of hydrogen-bond acceptors (Lipinski definition) is 8. The van der Waals surface area contributed by atoms with Gasteiger partial charge >= 0.3 is 0 Å². The molecule has 5 rings (SSSR count). The Bertz CT molecular complexity index is 1470. The normalized spacial score (nSPS) is 11.9. The van der Waals surface area contributed by atoms with Gasteiger partial charge in [0.2, 0.25) is 5.88 Å². The number of benzene rings is 1. The second-order valence-electron chi connectivity index (χ2n) is 7.22. The summed E-state index contributed by atoms with van der Waals surface area (Å²) < 4.78 is 9.28. The van der Waals surface area contributed by atoms with Crippen molar-refractivity contribution < 1.29 is 4.74 Å². The van der Waals surface area contributed by atoms with E-state index < -0.39 is 0 Å². The monoisotopic (exact) mass is 457 g/mol. The van der Waals surface area contributed by atoms with E-state index >= 15 is 0 Å². The molecule has 0 aliphatic carbocycles. The summed E-state index contributed by atoms with van der Waals surface area (Å²) in [6, 6.07) is 16.6. The fourth-order valence-electron chi connectivity index (χ4n) is 3.43. The van der Waals surface area contributed by atoms with Gasteiger partial charge in [0.25, 0.3) is 0 Å². The van der Waals surface area contributed by atoms with Crippen LogP contribution >= 0.6 is 11.6 Å². The first-order valence-corrected chi connectivity index (χ1v) is 10.4. The average molecular weight is 458 g/mol. The lowest BCUT2D eigenvalue weighted by Gasteiger charge is -2.14. The van der Waals surface area contributed by atoms with Gasteiger partial charge in [0.1, 0.15) is 30.3 Å². The van der Waals surface area contributed by atoms with Crippen LogP contribution in [-0.4, -0.2) is 45.8 Å². The maximum atomic E-state index is 9.56. The minimum absolute atomic E-state index is 0.194. The van der Waals surface area contributed by atoms with Crippen molar-refractivity contribution in [3.8, 4) is 29.0 Å². The Morgan fingerprint density at radius 2 is 1.91 bits per heavy atom. The van der Waals surface area contributed by atoms with Crippen LogP contribution in [0.4, 0.5) is 0 Å². The van der Waals surface area contributed by atoms with Crippen LogP contribution in [0, 0.1) is 11.3 Å². The molecule has 0 fully saturated rings. The van der Waals surface area contributed by atoms with Gasteiger partial charge < -0.3 is 4.74 Å². The Hall–Kier alpha value is -4.36. The first-order chi connectivity index (χ1) is 16.1. The third kappa shape index (κ3) is 4.09. The Kier molecular flexibility index (Phi) is 5.38. The molecule has 1 aromatic carbocycles. The fraction of sp³-hybridized carbons (Fsp3) is 0.136. The number of rotatable bonds is 6. The zero-order chi connectivity index (χ0) is 22.8. The molecule has 11 heteroatoms. The van der Waals surface area contributed by atoms with E-state index in [1.807, 2.05) is 31.2 Å². The topological polar surface area (TPSA) is 120 Å². The number of tetrazole rings is 1. The molecule has 4 aromatic heterocycles. The molecule has 0 aliphatic heterocycles. The Morgan fingerprint density at radius 1 is 1.06 bits per heavy atom. The number of hydrogen-bond donors (Lipinski definition) is 0. The van der Waals surface area contributed by atoms with Gasteiger partial charge in [0.15, 0.2) is 5.65 Å². The number of nitrogens with zero attached hydrogens (tertiary/aromatic N) is 9. The van der Waals surface area contributed by atoms with Gasteiger partial charge in [-0.1, -0.05) is 23.7 Å². The zero-order valence-corrected chi connectivity index (χ0v) is 18.1. The van der Waals surface area contributed by atoms with Crippen molar-refractivity contribution in [1.82, 2.24) is 39.7 Å². The van der Waals surface area contributed by atoms with Crippen LogP contribution in [0.15, 0.2) is 61.2 Å². The van der Waals surface area contributed by atoms with Crippen LogP contribution < -0.4 is 4.74 Å². The minimum atomic E-state index is -0.194. The van der Waals surface area contributed by atoms with E-state index in [0.29, 0.717) is 51.2 Å². The van der Waals surface area contributed by atoms with E-state index in [0.717, 1.165) is 0 Å². The average Bonchev–Trinajstić information content (AvgIpc) is 3.48. The zero-order valence-electron chi connectivity index (χ0n) is 17.4. The molecule has 4 heterocycles. The number of fused-ring (bicyclic) bond motifs is 1. The quantitative estimate of drug-likeness (QED) is 0.380. The molecule has 0 amide bonds. The van der Waals surface area contributed by atoms with Crippen molar-refractivity contribution in [2.75, 3.05) is 0 Å². The molecule has 1 atom stereocenters. The van der Waals surface area contributed by atoms with Gasteiger partial charge in [-0.15, -0.1) is 5.10 Å². The molecule has 0 spiro atoms. The van der Waals surface area contributed by atoms with Crippen LogP contribution in [-0.2, 0) is 6.54 Å². The maximum absolute atomic E-state index is 9.56. The molecule has 0 saturated heterocycles. The number of pyridine rings is 2. The van der Waals surface area contributed by atoms with Gasteiger partial charge in [-0.2, -0.15) is 5.26 Å². The van der Waals surface area contributed by atoms with Crippen LogP contribution in [0.25, 0.3) is 28.2 Å². The lowest BCUT2D eigenvalue weighted by Crippen LogP contribution is -2.20. The number of aromatic nitrogens is 8. The summed E-state index contributed by atoms with van der Waals surface area (Å²) in [5.74, 6) is 0.463. The van der Waals surface area contributed by atoms with Crippen molar-refractivity contribution in [3.63, 3.8) is 0 Å². The maximum Gasteiger partial charge on any atom is 0.214 e. The van der Waals surface area contributed by atoms with Crippen LogP contribution in [0.2, 0.25) is 5.02 Å². The second kappa shape index (κ2) is 8.64. The number of imidazole rings is 1. The number of nitriles is 1. The standard InChI is InChI=1S/C22H16ClN9O/c1-14(11-31-13-26-29-30-31)33-21-7-3-5-17(27-21)18-8-9-19-22(28-18)32(12-25-19)20-6-2-4-16(23)15(20)10-24/h2-9,12-14H,11H2,1H3/t14-/m0/s1. The van der Waals surface area contributed by atoms with E-state index in [9.17, 15) is 5.26 Å². The van der Waals surface area contributed by atoms with Crippen molar-refractivity contribution >= 4 is 22.8 Å². The van der Waals surface area contributed by atoms with E-state index in [2.05, 4.69) is 31.6 Å². The molecule has 5 aromatic rings. The van der Waals surface area contributed by atoms with Crippen molar-refractivity contribution in [1.29, 1.82) is 5.26 Å². The van der Waals surface area contributed by atoms with Crippen molar-refractivity contribution in [2.24, 2.45) is 0 Å². The third-order valence-corrected chi connectivity index (χ3v) is 5.22. The highest BCUT2D eigenvalue weighted by Gasteiger charge is 2.15. The fourth-order valence-corrected chi connectivity index (χ4v) is 3.64. The first-order valence-electron chi connectivity index (χ1n) is 10.0. The van der Waals surface area contributed by atoms with E-state index in [-0.39, 0.29) is 6.10 Å². The van der Waals surface area contributed by atoms with Gasteiger partial charge in [0, 0.05) is 6.07 Å². The molecule has 0 bridgehead atoms.